The second-order valence-electron chi connectivity index (χ2n) is 6.18. The van der Waals surface area contributed by atoms with Crippen LogP contribution in [0.3, 0.4) is 0 Å². The minimum absolute atomic E-state index is 0.121. The molecular weight excluding hydrogens is 368 g/mol. The first kappa shape index (κ1) is 20.7. The molecule has 2 rings (SSSR count). The van der Waals surface area contributed by atoms with E-state index in [0.29, 0.717) is 6.54 Å². The Labute approximate surface area is 159 Å². The summed E-state index contributed by atoms with van der Waals surface area (Å²) in [6, 6.07) is 9.54. The fourth-order valence-corrected chi connectivity index (χ4v) is 4.04. The van der Waals surface area contributed by atoms with Gasteiger partial charge in [0, 0.05) is 13.1 Å². The molecule has 1 aromatic heterocycles. The fraction of sp³-hybridized carbons (Fsp3) is 0.368. The number of carbonyl (C=O) groups is 2. The first-order valence-corrected chi connectivity index (χ1v) is 10.3. The van der Waals surface area contributed by atoms with Gasteiger partial charge in [-0.15, -0.1) is 0 Å². The van der Waals surface area contributed by atoms with E-state index in [-0.39, 0.29) is 17.2 Å². The van der Waals surface area contributed by atoms with Crippen molar-refractivity contribution in [1.29, 1.82) is 0 Å². The van der Waals surface area contributed by atoms with Gasteiger partial charge in [0.1, 0.15) is 11.0 Å². The molecule has 7 nitrogen and oxygen atoms in total. The number of amides is 2. The molecule has 1 unspecified atom stereocenters. The molecule has 8 heteroatoms. The molecular formula is C19H24N2O5S. The Morgan fingerprint density at radius 1 is 1.07 bits per heavy atom. The van der Waals surface area contributed by atoms with Crippen molar-refractivity contribution < 1.29 is 22.4 Å². The monoisotopic (exact) mass is 392 g/mol. The zero-order chi connectivity index (χ0) is 19.9. The van der Waals surface area contributed by atoms with E-state index >= 15 is 0 Å². The third kappa shape index (κ3) is 5.43. The normalized spacial score (nSPS) is 12.4. The van der Waals surface area contributed by atoms with Crippen LogP contribution in [0.15, 0.2) is 52.0 Å². The molecule has 1 heterocycles. The highest BCUT2D eigenvalue weighted by Gasteiger charge is 2.32. The van der Waals surface area contributed by atoms with Gasteiger partial charge in [-0.05, 0) is 37.6 Å². The zero-order valence-electron chi connectivity index (χ0n) is 15.4. The number of aryl methyl sites for hydroxylation is 1. The molecule has 27 heavy (non-hydrogen) atoms. The summed E-state index contributed by atoms with van der Waals surface area (Å²) < 4.78 is 31.3. The van der Waals surface area contributed by atoms with Gasteiger partial charge in [0.25, 0.3) is 0 Å². The molecule has 0 aliphatic heterocycles. The number of furan rings is 1. The van der Waals surface area contributed by atoms with Crippen molar-refractivity contribution in [3.05, 3.63) is 54.0 Å². The topological polar surface area (TPSA) is 105 Å². The molecule has 0 radical (unpaired) electrons. The molecule has 0 saturated heterocycles. The maximum atomic E-state index is 13.0. The summed E-state index contributed by atoms with van der Waals surface area (Å²) >= 11 is 0. The standard InChI is InChI=1S/C19H24N2O5S/c1-3-4-11-20-18(22)19(23)21-13-17(16-6-5-12-26-16)27(24,25)15-9-7-14(2)8-10-15/h5-10,12,17H,3-4,11,13H2,1-2H3,(H,20,22)(H,21,23). The number of rotatable bonds is 8. The minimum Gasteiger partial charge on any atom is -0.468 e. The van der Waals surface area contributed by atoms with E-state index in [0.717, 1.165) is 18.4 Å². The molecule has 0 saturated carbocycles. The highest BCUT2D eigenvalue weighted by Crippen LogP contribution is 2.29. The van der Waals surface area contributed by atoms with E-state index in [1.165, 1.54) is 24.5 Å². The van der Waals surface area contributed by atoms with Crippen molar-refractivity contribution in [3.8, 4) is 0 Å². The van der Waals surface area contributed by atoms with Crippen molar-refractivity contribution in [2.75, 3.05) is 13.1 Å². The van der Waals surface area contributed by atoms with Gasteiger partial charge in [-0.3, -0.25) is 9.59 Å². The van der Waals surface area contributed by atoms with E-state index in [9.17, 15) is 18.0 Å². The molecule has 0 fully saturated rings. The van der Waals surface area contributed by atoms with Crippen LogP contribution in [0.2, 0.25) is 0 Å². The van der Waals surface area contributed by atoms with Crippen LogP contribution in [0.4, 0.5) is 0 Å². The van der Waals surface area contributed by atoms with Gasteiger partial charge in [-0.25, -0.2) is 8.42 Å². The lowest BCUT2D eigenvalue weighted by Crippen LogP contribution is -2.42. The zero-order valence-corrected chi connectivity index (χ0v) is 16.2. The van der Waals surface area contributed by atoms with Gasteiger partial charge in [0.2, 0.25) is 0 Å². The van der Waals surface area contributed by atoms with Crippen LogP contribution in [0.5, 0.6) is 0 Å². The average molecular weight is 392 g/mol. The summed E-state index contributed by atoms with van der Waals surface area (Å²) in [5.41, 5.74) is 0.931. The van der Waals surface area contributed by atoms with Crippen LogP contribution in [-0.4, -0.2) is 33.3 Å². The quantitative estimate of drug-likeness (QED) is 0.529. The highest BCUT2D eigenvalue weighted by molar-refractivity contribution is 7.91. The second kappa shape index (κ2) is 9.36. The number of carbonyl (C=O) groups excluding carboxylic acids is 2. The maximum Gasteiger partial charge on any atom is 0.309 e. The fourth-order valence-electron chi connectivity index (χ4n) is 2.45. The molecule has 0 aliphatic rings. The molecule has 146 valence electrons. The molecule has 0 spiro atoms. The lowest BCUT2D eigenvalue weighted by molar-refractivity contribution is -0.139. The highest BCUT2D eigenvalue weighted by atomic mass is 32.2. The molecule has 1 aromatic carbocycles. The Morgan fingerprint density at radius 2 is 1.74 bits per heavy atom. The second-order valence-corrected chi connectivity index (χ2v) is 8.31. The predicted molar refractivity (Wildman–Crippen MR) is 101 cm³/mol. The molecule has 2 N–H and O–H groups in total. The number of unbranched alkanes of at least 4 members (excludes halogenated alkanes) is 1. The summed E-state index contributed by atoms with van der Waals surface area (Å²) in [7, 11) is -3.82. The molecule has 1 atom stereocenters. The van der Waals surface area contributed by atoms with Crippen LogP contribution in [-0.2, 0) is 19.4 Å². The molecule has 2 aromatic rings. The van der Waals surface area contributed by atoms with Crippen LogP contribution < -0.4 is 10.6 Å². The Balaban J connectivity index is 2.15. The predicted octanol–water partition coefficient (Wildman–Crippen LogP) is 2.14. The average Bonchev–Trinajstić information content (AvgIpc) is 3.16. The van der Waals surface area contributed by atoms with Gasteiger partial charge < -0.3 is 15.1 Å². The van der Waals surface area contributed by atoms with Crippen molar-refractivity contribution in [2.45, 2.75) is 36.8 Å². The van der Waals surface area contributed by atoms with Crippen LogP contribution in [0, 0.1) is 6.92 Å². The largest absolute Gasteiger partial charge is 0.468 e. The number of sulfone groups is 1. The Morgan fingerprint density at radius 3 is 2.33 bits per heavy atom. The van der Waals surface area contributed by atoms with Crippen LogP contribution in [0.1, 0.15) is 36.3 Å². The third-order valence-electron chi connectivity index (χ3n) is 4.05. The van der Waals surface area contributed by atoms with Crippen LogP contribution >= 0.6 is 0 Å². The first-order chi connectivity index (χ1) is 12.9. The Kier molecular flexibility index (Phi) is 7.18. The summed E-state index contributed by atoms with van der Waals surface area (Å²) in [4.78, 5) is 23.9. The lowest BCUT2D eigenvalue weighted by Gasteiger charge is -2.16. The van der Waals surface area contributed by atoms with E-state index in [4.69, 9.17) is 4.42 Å². The van der Waals surface area contributed by atoms with E-state index in [2.05, 4.69) is 10.6 Å². The Bertz CT molecular complexity index is 858. The number of benzene rings is 1. The van der Waals surface area contributed by atoms with E-state index in [1.807, 2.05) is 13.8 Å². The van der Waals surface area contributed by atoms with Gasteiger partial charge >= 0.3 is 11.8 Å². The summed E-state index contributed by atoms with van der Waals surface area (Å²) in [5, 5.41) is 3.75. The first-order valence-electron chi connectivity index (χ1n) is 8.76. The summed E-state index contributed by atoms with van der Waals surface area (Å²) in [5.74, 6) is -1.46. The number of hydrogen-bond donors (Lipinski definition) is 2. The van der Waals surface area contributed by atoms with Gasteiger partial charge in [0.05, 0.1) is 11.2 Å². The number of hydrogen-bond acceptors (Lipinski definition) is 5. The molecule has 0 bridgehead atoms. The minimum atomic E-state index is -3.82. The van der Waals surface area contributed by atoms with Crippen LogP contribution in [0.25, 0.3) is 0 Å². The van der Waals surface area contributed by atoms with Crippen molar-refractivity contribution in [3.63, 3.8) is 0 Å². The molecule has 2 amide bonds. The van der Waals surface area contributed by atoms with E-state index in [1.54, 1.807) is 18.2 Å². The van der Waals surface area contributed by atoms with Gasteiger partial charge in [-0.1, -0.05) is 31.0 Å². The SMILES string of the molecule is CCCCNC(=O)C(=O)NCC(c1ccco1)S(=O)(=O)c1ccc(C)cc1. The van der Waals surface area contributed by atoms with Gasteiger partial charge in [0.15, 0.2) is 9.84 Å². The van der Waals surface area contributed by atoms with Crippen molar-refractivity contribution in [1.82, 2.24) is 10.6 Å². The van der Waals surface area contributed by atoms with E-state index < -0.39 is 26.9 Å². The van der Waals surface area contributed by atoms with Crippen molar-refractivity contribution in [2.24, 2.45) is 0 Å². The maximum absolute atomic E-state index is 13.0. The number of nitrogens with one attached hydrogen (secondary N) is 2. The molecule has 0 aliphatic carbocycles. The Hall–Kier alpha value is -2.61. The summed E-state index contributed by atoms with van der Waals surface area (Å²) in [6.07, 6.45) is 3.01. The third-order valence-corrected chi connectivity index (χ3v) is 6.13. The summed E-state index contributed by atoms with van der Waals surface area (Å²) in [6.45, 7) is 3.95. The van der Waals surface area contributed by atoms with Crippen molar-refractivity contribution >= 4 is 21.7 Å². The lowest BCUT2D eigenvalue weighted by atomic mass is 10.2. The smallest absolute Gasteiger partial charge is 0.309 e. The van der Waals surface area contributed by atoms with Gasteiger partial charge in [-0.2, -0.15) is 0 Å².